The maximum absolute atomic E-state index is 4.63. The molecule has 1 N–H and O–H groups in total. The second kappa shape index (κ2) is 6.03. The zero-order valence-electron chi connectivity index (χ0n) is 11.7. The van der Waals surface area contributed by atoms with Gasteiger partial charge in [0.1, 0.15) is 5.82 Å². The third-order valence-electron chi connectivity index (χ3n) is 3.17. The lowest BCUT2D eigenvalue weighted by Gasteiger charge is -2.23. The van der Waals surface area contributed by atoms with E-state index in [0.29, 0.717) is 0 Å². The minimum absolute atomic E-state index is 0.754. The molecule has 0 bridgehead atoms. The van der Waals surface area contributed by atoms with Crippen molar-refractivity contribution in [2.75, 3.05) is 29.9 Å². The van der Waals surface area contributed by atoms with Crippen LogP contribution in [0.4, 0.5) is 11.8 Å². The van der Waals surface area contributed by atoms with E-state index in [4.69, 9.17) is 0 Å². The number of nitrogens with one attached hydrogen (secondary N) is 1. The molecule has 4 heteroatoms. The Hall–Kier alpha value is -1.32. The highest BCUT2D eigenvalue weighted by molar-refractivity contribution is 5.45. The Morgan fingerprint density at radius 2 is 2.11 bits per heavy atom. The number of hydrogen-bond donors (Lipinski definition) is 1. The smallest absolute Gasteiger partial charge is 0.224 e. The molecule has 0 amide bonds. The number of aromatic nitrogens is 2. The van der Waals surface area contributed by atoms with Gasteiger partial charge in [-0.15, -0.1) is 0 Å². The number of nitrogens with zero attached hydrogens (tertiary/aromatic N) is 3. The molecule has 1 aromatic rings. The third-order valence-corrected chi connectivity index (χ3v) is 3.17. The zero-order chi connectivity index (χ0) is 13.0. The number of anilines is 2. The van der Waals surface area contributed by atoms with Gasteiger partial charge in [-0.1, -0.05) is 6.92 Å². The fourth-order valence-corrected chi connectivity index (χ4v) is 2.13. The molecule has 0 unspecified atom stereocenters. The summed E-state index contributed by atoms with van der Waals surface area (Å²) >= 11 is 0. The molecule has 1 aliphatic carbocycles. The monoisotopic (exact) mass is 248 g/mol. The van der Waals surface area contributed by atoms with Gasteiger partial charge in [-0.05, 0) is 39.0 Å². The summed E-state index contributed by atoms with van der Waals surface area (Å²) in [6, 6.07) is 2.10. The Labute approximate surface area is 110 Å². The molecule has 0 aliphatic heterocycles. The van der Waals surface area contributed by atoms with Crippen molar-refractivity contribution in [1.82, 2.24) is 9.97 Å². The van der Waals surface area contributed by atoms with E-state index >= 15 is 0 Å². The normalized spacial score (nSPS) is 14.6. The van der Waals surface area contributed by atoms with Crippen molar-refractivity contribution in [2.24, 2.45) is 5.92 Å². The van der Waals surface area contributed by atoms with Crippen LogP contribution in [-0.4, -0.2) is 29.6 Å². The van der Waals surface area contributed by atoms with Crippen LogP contribution in [0.3, 0.4) is 0 Å². The van der Waals surface area contributed by atoms with Crippen LogP contribution in [0.15, 0.2) is 6.07 Å². The highest BCUT2D eigenvalue weighted by atomic mass is 15.2. The maximum Gasteiger partial charge on any atom is 0.224 e. The first-order chi connectivity index (χ1) is 8.72. The second-order valence-corrected chi connectivity index (χ2v) is 5.11. The molecule has 18 heavy (non-hydrogen) atoms. The molecule has 0 saturated heterocycles. The van der Waals surface area contributed by atoms with Crippen molar-refractivity contribution >= 4 is 11.8 Å². The molecule has 2 rings (SSSR count). The molecule has 1 fully saturated rings. The minimum Gasteiger partial charge on any atom is -0.356 e. The fraction of sp³-hybridized carbons (Fsp3) is 0.714. The van der Waals surface area contributed by atoms with Crippen LogP contribution in [0.2, 0.25) is 0 Å². The lowest BCUT2D eigenvalue weighted by molar-refractivity contribution is 0.697. The summed E-state index contributed by atoms with van der Waals surface area (Å²) in [5.74, 6) is 2.71. The van der Waals surface area contributed by atoms with Gasteiger partial charge in [-0.25, -0.2) is 4.98 Å². The van der Waals surface area contributed by atoms with E-state index in [-0.39, 0.29) is 0 Å². The summed E-state index contributed by atoms with van der Waals surface area (Å²) in [5, 5.41) is 3.21. The standard InChI is InChI=1S/C14H24N4/c1-4-8-18(10-12-6-7-12)13-9-11(3)16-14(17-13)15-5-2/h9,12H,4-8,10H2,1-3H3,(H,15,16,17). The van der Waals surface area contributed by atoms with Crippen molar-refractivity contribution in [3.8, 4) is 0 Å². The Kier molecular flexibility index (Phi) is 4.39. The molecular weight excluding hydrogens is 224 g/mol. The van der Waals surface area contributed by atoms with E-state index < -0.39 is 0 Å². The quantitative estimate of drug-likeness (QED) is 0.805. The van der Waals surface area contributed by atoms with Crippen molar-refractivity contribution in [1.29, 1.82) is 0 Å². The topological polar surface area (TPSA) is 41.1 Å². The first kappa shape index (κ1) is 13.1. The predicted octanol–water partition coefficient (Wildman–Crippen LogP) is 2.84. The van der Waals surface area contributed by atoms with Crippen LogP contribution in [0, 0.1) is 12.8 Å². The van der Waals surface area contributed by atoms with E-state index in [2.05, 4.69) is 40.1 Å². The molecule has 1 aromatic heterocycles. The van der Waals surface area contributed by atoms with Gasteiger partial charge in [0, 0.05) is 31.4 Å². The van der Waals surface area contributed by atoms with E-state index in [1.165, 1.54) is 12.8 Å². The van der Waals surface area contributed by atoms with Crippen molar-refractivity contribution in [3.05, 3.63) is 11.8 Å². The van der Waals surface area contributed by atoms with Gasteiger partial charge in [-0.2, -0.15) is 4.98 Å². The van der Waals surface area contributed by atoms with Gasteiger partial charge in [-0.3, -0.25) is 0 Å². The number of hydrogen-bond acceptors (Lipinski definition) is 4. The van der Waals surface area contributed by atoms with Gasteiger partial charge in [0.25, 0.3) is 0 Å². The molecular formula is C14H24N4. The summed E-state index contributed by atoms with van der Waals surface area (Å²) < 4.78 is 0. The Balaban J connectivity index is 2.15. The molecule has 0 radical (unpaired) electrons. The van der Waals surface area contributed by atoms with Crippen LogP contribution < -0.4 is 10.2 Å². The largest absolute Gasteiger partial charge is 0.356 e. The van der Waals surface area contributed by atoms with E-state index in [9.17, 15) is 0 Å². The van der Waals surface area contributed by atoms with Gasteiger partial charge in [0.2, 0.25) is 5.95 Å². The van der Waals surface area contributed by atoms with Gasteiger partial charge in [0.05, 0.1) is 0 Å². The number of rotatable bonds is 7. The second-order valence-electron chi connectivity index (χ2n) is 5.11. The van der Waals surface area contributed by atoms with Crippen LogP contribution in [0.1, 0.15) is 38.8 Å². The molecule has 0 atom stereocenters. The highest BCUT2D eigenvalue weighted by Crippen LogP contribution is 2.31. The minimum atomic E-state index is 0.754. The third kappa shape index (κ3) is 3.59. The fourth-order valence-electron chi connectivity index (χ4n) is 2.13. The molecule has 0 spiro atoms. The highest BCUT2D eigenvalue weighted by Gasteiger charge is 2.24. The lowest BCUT2D eigenvalue weighted by Crippen LogP contribution is -2.28. The lowest BCUT2D eigenvalue weighted by atomic mass is 10.3. The van der Waals surface area contributed by atoms with Crippen molar-refractivity contribution < 1.29 is 0 Å². The maximum atomic E-state index is 4.63. The summed E-state index contributed by atoms with van der Waals surface area (Å²) in [6.07, 6.45) is 3.92. The van der Waals surface area contributed by atoms with Crippen molar-refractivity contribution in [2.45, 2.75) is 40.0 Å². The molecule has 4 nitrogen and oxygen atoms in total. The van der Waals surface area contributed by atoms with Crippen LogP contribution >= 0.6 is 0 Å². The zero-order valence-corrected chi connectivity index (χ0v) is 11.7. The summed E-state index contributed by atoms with van der Waals surface area (Å²) in [7, 11) is 0. The average Bonchev–Trinajstić information content (AvgIpc) is 3.12. The Bertz CT molecular complexity index is 387. The van der Waals surface area contributed by atoms with Gasteiger partial charge >= 0.3 is 0 Å². The van der Waals surface area contributed by atoms with Crippen LogP contribution in [0.25, 0.3) is 0 Å². The van der Waals surface area contributed by atoms with Crippen LogP contribution in [0.5, 0.6) is 0 Å². The van der Waals surface area contributed by atoms with Crippen LogP contribution in [-0.2, 0) is 0 Å². The summed E-state index contributed by atoms with van der Waals surface area (Å²) in [6.45, 7) is 9.42. The molecule has 100 valence electrons. The molecule has 0 aromatic carbocycles. The molecule has 1 aliphatic rings. The summed E-state index contributed by atoms with van der Waals surface area (Å²) in [4.78, 5) is 11.4. The van der Waals surface area contributed by atoms with E-state index in [1.807, 2.05) is 6.92 Å². The van der Waals surface area contributed by atoms with E-state index in [1.54, 1.807) is 0 Å². The molecule has 1 heterocycles. The average molecular weight is 248 g/mol. The summed E-state index contributed by atoms with van der Waals surface area (Å²) in [5.41, 5.74) is 1.04. The first-order valence-corrected chi connectivity index (χ1v) is 7.07. The number of aryl methyl sites for hydroxylation is 1. The van der Waals surface area contributed by atoms with Gasteiger partial charge in [0.15, 0.2) is 0 Å². The van der Waals surface area contributed by atoms with Gasteiger partial charge < -0.3 is 10.2 Å². The Morgan fingerprint density at radius 3 is 2.72 bits per heavy atom. The van der Waals surface area contributed by atoms with Crippen molar-refractivity contribution in [3.63, 3.8) is 0 Å². The first-order valence-electron chi connectivity index (χ1n) is 7.07. The molecule has 1 saturated carbocycles. The van der Waals surface area contributed by atoms with E-state index in [0.717, 1.165) is 49.4 Å². The predicted molar refractivity (Wildman–Crippen MR) is 76.2 cm³/mol. The SMILES string of the molecule is CCCN(CC1CC1)c1cc(C)nc(NCC)n1. The Morgan fingerprint density at radius 1 is 1.33 bits per heavy atom.